The molecule has 3 heteroatoms. The second-order valence-corrected chi connectivity index (χ2v) is 5.54. The molecule has 0 spiro atoms. The molecular weight excluding hydrogens is 270 g/mol. The van der Waals surface area contributed by atoms with Crippen molar-refractivity contribution in [2.75, 3.05) is 11.9 Å². The van der Waals surface area contributed by atoms with Gasteiger partial charge in [-0.15, -0.1) is 0 Å². The number of nitrogens with zero attached hydrogens (tertiary/aromatic N) is 1. The van der Waals surface area contributed by atoms with Crippen LogP contribution in [0.3, 0.4) is 0 Å². The maximum absolute atomic E-state index is 9.54. The molecule has 2 atom stereocenters. The fourth-order valence-corrected chi connectivity index (χ4v) is 2.30. The van der Waals surface area contributed by atoms with E-state index < -0.39 is 6.10 Å². The topological polar surface area (TPSA) is 23.5 Å². The van der Waals surface area contributed by atoms with Crippen molar-refractivity contribution in [1.29, 1.82) is 0 Å². The fourth-order valence-electron chi connectivity index (χ4n) is 2.18. The van der Waals surface area contributed by atoms with Gasteiger partial charge in [-0.1, -0.05) is 35.9 Å². The van der Waals surface area contributed by atoms with E-state index in [-0.39, 0.29) is 6.04 Å². The van der Waals surface area contributed by atoms with Crippen LogP contribution in [0.25, 0.3) is 0 Å². The third kappa shape index (κ3) is 3.33. The Kier molecular flexibility index (Phi) is 4.69. The number of benzene rings is 2. The molecule has 2 aromatic carbocycles. The van der Waals surface area contributed by atoms with Crippen LogP contribution >= 0.6 is 11.6 Å². The molecule has 0 amide bonds. The van der Waals surface area contributed by atoms with Crippen molar-refractivity contribution >= 4 is 17.3 Å². The highest BCUT2D eigenvalue weighted by Gasteiger charge is 2.12. The third-order valence-electron chi connectivity index (χ3n) is 3.72. The van der Waals surface area contributed by atoms with Crippen molar-refractivity contribution in [3.8, 4) is 0 Å². The van der Waals surface area contributed by atoms with Crippen LogP contribution in [0.15, 0.2) is 48.5 Å². The van der Waals surface area contributed by atoms with Crippen molar-refractivity contribution in [3.05, 3.63) is 64.7 Å². The molecule has 0 radical (unpaired) electrons. The molecule has 0 saturated heterocycles. The van der Waals surface area contributed by atoms with E-state index in [1.165, 1.54) is 5.56 Å². The lowest BCUT2D eigenvalue weighted by molar-refractivity contribution is 0.199. The van der Waals surface area contributed by atoms with E-state index in [1.807, 2.05) is 48.5 Å². The molecule has 0 bridgehead atoms. The smallest absolute Gasteiger partial charge is 0.0761 e. The summed E-state index contributed by atoms with van der Waals surface area (Å²) < 4.78 is 0. The van der Waals surface area contributed by atoms with E-state index in [0.717, 1.165) is 16.3 Å². The van der Waals surface area contributed by atoms with Crippen LogP contribution in [0.4, 0.5) is 5.69 Å². The Hall–Kier alpha value is -1.51. The summed E-state index contributed by atoms with van der Waals surface area (Å²) in [5, 5.41) is 10.3. The maximum atomic E-state index is 9.54. The third-order valence-corrected chi connectivity index (χ3v) is 3.97. The predicted octanol–water partition coefficient (Wildman–Crippen LogP) is 4.59. The van der Waals surface area contributed by atoms with Crippen molar-refractivity contribution < 1.29 is 5.11 Å². The molecular formula is C17H20ClNO. The van der Waals surface area contributed by atoms with Gasteiger partial charge in [-0.05, 0) is 49.2 Å². The highest BCUT2D eigenvalue weighted by atomic mass is 35.5. The molecule has 0 fully saturated rings. The fraction of sp³-hybridized carbons (Fsp3) is 0.294. The summed E-state index contributed by atoms with van der Waals surface area (Å²) in [6.45, 7) is 3.93. The zero-order chi connectivity index (χ0) is 14.7. The summed E-state index contributed by atoms with van der Waals surface area (Å²) in [7, 11) is 2.07. The second-order valence-electron chi connectivity index (χ2n) is 5.11. The molecule has 0 aliphatic heterocycles. The van der Waals surface area contributed by atoms with Crippen LogP contribution in [-0.2, 0) is 0 Å². The van der Waals surface area contributed by atoms with Gasteiger partial charge in [0.15, 0.2) is 0 Å². The first kappa shape index (κ1) is 14.9. The maximum Gasteiger partial charge on any atom is 0.0761 e. The largest absolute Gasteiger partial charge is 0.389 e. The Morgan fingerprint density at radius 2 is 1.40 bits per heavy atom. The van der Waals surface area contributed by atoms with Gasteiger partial charge in [-0.25, -0.2) is 0 Å². The van der Waals surface area contributed by atoms with E-state index >= 15 is 0 Å². The van der Waals surface area contributed by atoms with Crippen LogP contribution in [0, 0.1) is 0 Å². The molecule has 1 unspecified atom stereocenters. The summed E-state index contributed by atoms with van der Waals surface area (Å²) in [5.41, 5.74) is 3.27. The van der Waals surface area contributed by atoms with Gasteiger partial charge in [0.25, 0.3) is 0 Å². The first-order chi connectivity index (χ1) is 9.49. The highest BCUT2D eigenvalue weighted by Crippen LogP contribution is 2.27. The molecule has 0 heterocycles. The minimum absolute atomic E-state index is 0.254. The van der Waals surface area contributed by atoms with E-state index in [4.69, 9.17) is 11.6 Å². The van der Waals surface area contributed by atoms with E-state index in [0.29, 0.717) is 0 Å². The van der Waals surface area contributed by atoms with E-state index in [1.54, 1.807) is 6.92 Å². The van der Waals surface area contributed by atoms with Crippen LogP contribution < -0.4 is 4.90 Å². The number of aliphatic hydroxyl groups is 1. The normalized spacial score (nSPS) is 13.8. The molecule has 0 aromatic heterocycles. The molecule has 0 saturated carbocycles. The standard InChI is InChI=1S/C17H20ClNO/c1-12(14-4-8-16(18)9-5-14)19(3)17-10-6-15(7-11-17)13(2)20/h4-13,20H,1-3H3/t12?,13-/m1/s1. The van der Waals surface area contributed by atoms with Gasteiger partial charge in [0.2, 0.25) is 0 Å². The Labute approximate surface area is 125 Å². The number of hydrogen-bond donors (Lipinski definition) is 1. The minimum Gasteiger partial charge on any atom is -0.389 e. The summed E-state index contributed by atoms with van der Waals surface area (Å²) in [4.78, 5) is 2.20. The molecule has 2 aromatic rings. The van der Waals surface area contributed by atoms with E-state index in [2.05, 4.69) is 18.9 Å². The number of hydrogen-bond acceptors (Lipinski definition) is 2. The zero-order valence-electron chi connectivity index (χ0n) is 12.0. The summed E-state index contributed by atoms with van der Waals surface area (Å²) >= 11 is 5.92. The number of aliphatic hydroxyl groups excluding tert-OH is 1. The molecule has 1 N–H and O–H groups in total. The highest BCUT2D eigenvalue weighted by molar-refractivity contribution is 6.30. The minimum atomic E-state index is -0.428. The average Bonchev–Trinajstić information content (AvgIpc) is 2.46. The van der Waals surface area contributed by atoms with Gasteiger partial charge in [-0.3, -0.25) is 0 Å². The summed E-state index contributed by atoms with van der Waals surface area (Å²) in [6, 6.07) is 16.2. The number of rotatable bonds is 4. The SMILES string of the molecule is CC(c1ccc(Cl)cc1)N(C)c1ccc([C@@H](C)O)cc1. The zero-order valence-corrected chi connectivity index (χ0v) is 12.8. The Bertz CT molecular complexity index is 548. The first-order valence-electron chi connectivity index (χ1n) is 6.75. The van der Waals surface area contributed by atoms with Gasteiger partial charge < -0.3 is 10.0 Å². The van der Waals surface area contributed by atoms with Crippen LogP contribution in [0.1, 0.15) is 37.1 Å². The van der Waals surface area contributed by atoms with Gasteiger partial charge in [0, 0.05) is 17.8 Å². The monoisotopic (exact) mass is 289 g/mol. The van der Waals surface area contributed by atoms with Crippen molar-refractivity contribution in [1.82, 2.24) is 0 Å². The average molecular weight is 290 g/mol. The Morgan fingerprint density at radius 3 is 1.90 bits per heavy atom. The van der Waals surface area contributed by atoms with Gasteiger partial charge in [-0.2, -0.15) is 0 Å². The van der Waals surface area contributed by atoms with E-state index in [9.17, 15) is 5.11 Å². The number of anilines is 1. The molecule has 2 nitrogen and oxygen atoms in total. The number of halogens is 1. The quantitative estimate of drug-likeness (QED) is 0.890. The van der Waals surface area contributed by atoms with Crippen LogP contribution in [-0.4, -0.2) is 12.2 Å². The van der Waals surface area contributed by atoms with Crippen molar-refractivity contribution in [2.45, 2.75) is 26.0 Å². The summed E-state index contributed by atoms with van der Waals surface area (Å²) in [5.74, 6) is 0. The van der Waals surface area contributed by atoms with Crippen molar-refractivity contribution in [3.63, 3.8) is 0 Å². The van der Waals surface area contributed by atoms with Crippen molar-refractivity contribution in [2.24, 2.45) is 0 Å². The summed E-state index contributed by atoms with van der Waals surface area (Å²) in [6.07, 6.45) is -0.428. The molecule has 2 rings (SSSR count). The second kappa shape index (κ2) is 6.29. The molecule has 0 aliphatic rings. The van der Waals surface area contributed by atoms with Gasteiger partial charge in [0.1, 0.15) is 0 Å². The lowest BCUT2D eigenvalue weighted by Gasteiger charge is -2.27. The van der Waals surface area contributed by atoms with Crippen LogP contribution in [0.2, 0.25) is 5.02 Å². The predicted molar refractivity (Wildman–Crippen MR) is 85.3 cm³/mol. The van der Waals surface area contributed by atoms with Crippen LogP contribution in [0.5, 0.6) is 0 Å². The molecule has 106 valence electrons. The lowest BCUT2D eigenvalue weighted by Crippen LogP contribution is -2.21. The van der Waals surface area contributed by atoms with Gasteiger partial charge in [0.05, 0.1) is 12.1 Å². The Morgan fingerprint density at radius 1 is 0.900 bits per heavy atom. The van der Waals surface area contributed by atoms with Gasteiger partial charge >= 0.3 is 0 Å². The first-order valence-corrected chi connectivity index (χ1v) is 7.13. The Balaban J connectivity index is 2.17. The molecule has 20 heavy (non-hydrogen) atoms. The molecule has 0 aliphatic carbocycles. The lowest BCUT2D eigenvalue weighted by atomic mass is 10.1.